The minimum Gasteiger partial charge on any atom is -0.465 e. The van der Waals surface area contributed by atoms with Crippen molar-refractivity contribution in [2.24, 2.45) is 5.92 Å². The summed E-state index contributed by atoms with van der Waals surface area (Å²) in [5.41, 5.74) is 5.73. The van der Waals surface area contributed by atoms with E-state index in [2.05, 4.69) is 79.3 Å². The van der Waals surface area contributed by atoms with Crippen molar-refractivity contribution in [3.05, 3.63) is 72.1 Å². The van der Waals surface area contributed by atoms with E-state index >= 15 is 0 Å². The normalized spacial score (nSPS) is 11.8. The number of hydrogen-bond acceptors (Lipinski definition) is 4. The summed E-state index contributed by atoms with van der Waals surface area (Å²) in [6.07, 6.45) is 9.00. The molecule has 32 heavy (non-hydrogen) atoms. The van der Waals surface area contributed by atoms with Gasteiger partial charge in [-0.2, -0.15) is 0 Å². The van der Waals surface area contributed by atoms with E-state index < -0.39 is 0 Å². The topological polar surface area (TPSA) is 52.1 Å². The number of hydrogen-bond donors (Lipinski definition) is 0. The number of rotatable bonds is 11. The Morgan fingerprint density at radius 3 is 2.03 bits per heavy atom. The fraction of sp³-hybridized carbons (Fsp3) is 0.393. The Labute approximate surface area is 192 Å². The predicted octanol–water partition coefficient (Wildman–Crippen LogP) is 6.68. The first-order chi connectivity index (χ1) is 15.6. The van der Waals surface area contributed by atoms with Gasteiger partial charge >= 0.3 is 5.97 Å². The molecule has 3 aromatic rings. The maximum Gasteiger partial charge on any atom is 0.305 e. The standard InChI is InChI=1S/C28H34N2O2/c1-4-6-22-8-10-24(11-9-22)25-12-14-26(15-13-25)28-29-19-23(20-30-28)17-18-32-27(31)16-7-21(3)5-2/h8-15,19-21H,4-7,16-18H2,1-3H3/t21-/m0/s1. The molecule has 0 bridgehead atoms. The van der Waals surface area contributed by atoms with Crippen molar-refractivity contribution in [2.75, 3.05) is 6.61 Å². The lowest BCUT2D eigenvalue weighted by Crippen LogP contribution is -2.09. The number of carbonyl (C=O) groups excluding carboxylic acids is 1. The smallest absolute Gasteiger partial charge is 0.305 e. The minimum absolute atomic E-state index is 0.122. The lowest BCUT2D eigenvalue weighted by atomic mass is 10.0. The Bertz CT molecular complexity index is 964. The van der Waals surface area contributed by atoms with Crippen molar-refractivity contribution in [2.45, 2.75) is 59.3 Å². The second-order valence-electron chi connectivity index (χ2n) is 8.46. The molecular formula is C28H34N2O2. The van der Waals surface area contributed by atoms with Crippen molar-refractivity contribution in [3.63, 3.8) is 0 Å². The zero-order valence-corrected chi connectivity index (χ0v) is 19.5. The summed E-state index contributed by atoms with van der Waals surface area (Å²) < 4.78 is 5.34. The fourth-order valence-corrected chi connectivity index (χ4v) is 3.52. The maximum absolute atomic E-state index is 11.8. The average molecular weight is 431 g/mol. The van der Waals surface area contributed by atoms with Crippen molar-refractivity contribution in [3.8, 4) is 22.5 Å². The second kappa shape index (κ2) is 12.1. The Morgan fingerprint density at radius 1 is 0.844 bits per heavy atom. The average Bonchev–Trinajstić information content (AvgIpc) is 2.84. The molecule has 0 unspecified atom stereocenters. The van der Waals surface area contributed by atoms with Gasteiger partial charge in [-0.1, -0.05) is 82.1 Å². The van der Waals surface area contributed by atoms with E-state index in [-0.39, 0.29) is 5.97 Å². The van der Waals surface area contributed by atoms with Gasteiger partial charge in [0.25, 0.3) is 0 Å². The van der Waals surface area contributed by atoms with Crippen LogP contribution in [-0.4, -0.2) is 22.5 Å². The van der Waals surface area contributed by atoms with Crippen LogP contribution in [-0.2, 0) is 22.4 Å². The Balaban J connectivity index is 1.51. The molecule has 0 saturated carbocycles. The van der Waals surface area contributed by atoms with Crippen LogP contribution in [0.3, 0.4) is 0 Å². The van der Waals surface area contributed by atoms with Crippen LogP contribution >= 0.6 is 0 Å². The van der Waals surface area contributed by atoms with Crippen LogP contribution in [0.5, 0.6) is 0 Å². The highest BCUT2D eigenvalue weighted by Crippen LogP contribution is 2.24. The van der Waals surface area contributed by atoms with Gasteiger partial charge in [0.05, 0.1) is 6.61 Å². The van der Waals surface area contributed by atoms with Gasteiger partial charge in [-0.15, -0.1) is 0 Å². The first-order valence-electron chi connectivity index (χ1n) is 11.7. The summed E-state index contributed by atoms with van der Waals surface area (Å²) in [7, 11) is 0. The van der Waals surface area contributed by atoms with Crippen LogP contribution in [0.25, 0.3) is 22.5 Å². The monoisotopic (exact) mass is 430 g/mol. The molecule has 0 aliphatic rings. The van der Waals surface area contributed by atoms with Crippen molar-refractivity contribution >= 4 is 5.97 Å². The Hall–Kier alpha value is -3.01. The number of aromatic nitrogens is 2. The van der Waals surface area contributed by atoms with Gasteiger partial charge in [0.2, 0.25) is 0 Å². The van der Waals surface area contributed by atoms with Crippen LogP contribution in [0.15, 0.2) is 60.9 Å². The highest BCUT2D eigenvalue weighted by atomic mass is 16.5. The molecule has 0 aliphatic carbocycles. The second-order valence-corrected chi connectivity index (χ2v) is 8.46. The molecule has 4 nitrogen and oxygen atoms in total. The molecule has 0 amide bonds. The van der Waals surface area contributed by atoms with Crippen LogP contribution in [0, 0.1) is 5.92 Å². The summed E-state index contributed by atoms with van der Waals surface area (Å²) in [5.74, 6) is 1.14. The van der Waals surface area contributed by atoms with Crippen LogP contribution in [0.1, 0.15) is 57.6 Å². The molecule has 1 atom stereocenters. The highest BCUT2D eigenvalue weighted by Gasteiger charge is 2.07. The molecule has 0 fully saturated rings. The number of nitrogens with zero attached hydrogens (tertiary/aromatic N) is 2. The first-order valence-corrected chi connectivity index (χ1v) is 11.7. The van der Waals surface area contributed by atoms with Gasteiger partial charge in [-0.3, -0.25) is 4.79 Å². The largest absolute Gasteiger partial charge is 0.465 e. The van der Waals surface area contributed by atoms with E-state index in [1.807, 2.05) is 12.4 Å². The summed E-state index contributed by atoms with van der Waals surface area (Å²) in [6, 6.07) is 17.1. The molecule has 1 heterocycles. The van der Waals surface area contributed by atoms with Crippen LogP contribution < -0.4 is 0 Å². The zero-order valence-electron chi connectivity index (χ0n) is 19.5. The fourth-order valence-electron chi connectivity index (χ4n) is 3.52. The van der Waals surface area contributed by atoms with Crippen molar-refractivity contribution in [1.82, 2.24) is 9.97 Å². The third-order valence-electron chi connectivity index (χ3n) is 5.87. The molecule has 0 saturated heterocycles. The number of carbonyl (C=O) groups is 1. The molecular weight excluding hydrogens is 396 g/mol. The van der Waals surface area contributed by atoms with E-state index in [0.717, 1.165) is 36.8 Å². The lowest BCUT2D eigenvalue weighted by Gasteiger charge is -2.08. The van der Waals surface area contributed by atoms with E-state index in [4.69, 9.17) is 4.74 Å². The summed E-state index contributed by atoms with van der Waals surface area (Å²) >= 11 is 0. The third kappa shape index (κ3) is 7.01. The zero-order chi connectivity index (χ0) is 22.8. The quantitative estimate of drug-likeness (QED) is 0.319. The summed E-state index contributed by atoms with van der Waals surface area (Å²) in [5, 5.41) is 0. The Kier molecular flexibility index (Phi) is 8.97. The van der Waals surface area contributed by atoms with Gasteiger partial charge in [-0.05, 0) is 41.0 Å². The summed E-state index contributed by atoms with van der Waals surface area (Å²) in [6.45, 7) is 6.87. The van der Waals surface area contributed by atoms with Gasteiger partial charge in [0.15, 0.2) is 5.82 Å². The maximum atomic E-state index is 11.8. The molecule has 2 aromatic carbocycles. The third-order valence-corrected chi connectivity index (χ3v) is 5.87. The van der Waals surface area contributed by atoms with Crippen molar-refractivity contribution < 1.29 is 9.53 Å². The predicted molar refractivity (Wildman–Crippen MR) is 130 cm³/mol. The molecule has 168 valence electrons. The summed E-state index contributed by atoms with van der Waals surface area (Å²) in [4.78, 5) is 20.8. The lowest BCUT2D eigenvalue weighted by molar-refractivity contribution is -0.143. The van der Waals surface area contributed by atoms with E-state index in [1.54, 1.807) is 0 Å². The molecule has 0 radical (unpaired) electrons. The molecule has 1 aromatic heterocycles. The van der Waals surface area contributed by atoms with Gasteiger partial charge in [0, 0.05) is 30.8 Å². The molecule has 4 heteroatoms. The molecule has 0 spiro atoms. The highest BCUT2D eigenvalue weighted by molar-refractivity contribution is 5.69. The van der Waals surface area contributed by atoms with Gasteiger partial charge < -0.3 is 4.74 Å². The molecule has 0 N–H and O–H groups in total. The molecule has 3 rings (SSSR count). The molecule has 0 aliphatic heterocycles. The van der Waals surface area contributed by atoms with Crippen molar-refractivity contribution in [1.29, 1.82) is 0 Å². The van der Waals surface area contributed by atoms with Gasteiger partial charge in [-0.25, -0.2) is 9.97 Å². The van der Waals surface area contributed by atoms with Crippen LogP contribution in [0.4, 0.5) is 0 Å². The van der Waals surface area contributed by atoms with Gasteiger partial charge in [0.1, 0.15) is 0 Å². The Morgan fingerprint density at radius 2 is 1.44 bits per heavy atom. The number of ether oxygens (including phenoxy) is 1. The first kappa shape index (κ1) is 23.6. The minimum atomic E-state index is -0.122. The SMILES string of the molecule is CCCc1ccc(-c2ccc(-c3ncc(CCOC(=O)CC[C@@H](C)CC)cn3)cc2)cc1. The van der Waals surface area contributed by atoms with E-state index in [9.17, 15) is 4.79 Å². The number of aryl methyl sites for hydroxylation is 1. The van der Waals surface area contributed by atoms with Crippen LogP contribution in [0.2, 0.25) is 0 Å². The van der Waals surface area contributed by atoms with E-state index in [0.29, 0.717) is 31.2 Å². The van der Waals surface area contributed by atoms with E-state index in [1.165, 1.54) is 16.7 Å². The number of esters is 1. The number of benzene rings is 2.